The number of benzene rings is 2. The number of H-pyrrole nitrogens is 1. The Hall–Kier alpha value is -3.32. The third-order valence-electron chi connectivity index (χ3n) is 4.93. The fourth-order valence-electron chi connectivity index (χ4n) is 3.46. The minimum Gasteiger partial charge on any atom is -0.497 e. The van der Waals surface area contributed by atoms with Gasteiger partial charge in [0.2, 0.25) is 0 Å². The standard InChI is InChI=1S/C20H19N3O4/c1-27-16-4-5-17-15(9-16)10-18(21-17)20(25)23-7-6-12-8-13(19(24)22-26)2-3-14(12)11-23/h2-5,8-10,21,26H,6-7,11H2,1H3,(H,22,24). The van der Waals surface area contributed by atoms with Crippen molar-refractivity contribution < 1.29 is 19.5 Å². The van der Waals surface area contributed by atoms with Crippen LogP contribution in [0.1, 0.15) is 32.0 Å². The molecular formula is C20H19N3O4. The molecule has 0 saturated heterocycles. The summed E-state index contributed by atoms with van der Waals surface area (Å²) in [6, 6.07) is 12.7. The van der Waals surface area contributed by atoms with E-state index in [0.29, 0.717) is 30.8 Å². The van der Waals surface area contributed by atoms with Gasteiger partial charge in [0.25, 0.3) is 11.8 Å². The fraction of sp³-hybridized carbons (Fsp3) is 0.200. The molecule has 0 aliphatic carbocycles. The Bertz CT molecular complexity index is 1040. The maximum Gasteiger partial charge on any atom is 0.274 e. The van der Waals surface area contributed by atoms with Crippen LogP contribution in [0.5, 0.6) is 5.75 Å². The lowest BCUT2D eigenvalue weighted by atomic mass is 9.97. The Morgan fingerprint density at radius 2 is 2.00 bits per heavy atom. The number of rotatable bonds is 3. The Morgan fingerprint density at radius 3 is 2.78 bits per heavy atom. The Labute approximate surface area is 155 Å². The number of aromatic amines is 1. The van der Waals surface area contributed by atoms with Gasteiger partial charge < -0.3 is 14.6 Å². The predicted octanol–water partition coefficient (Wildman–Crippen LogP) is 2.49. The van der Waals surface area contributed by atoms with Crippen molar-refractivity contribution in [2.45, 2.75) is 13.0 Å². The molecule has 3 N–H and O–H groups in total. The van der Waals surface area contributed by atoms with E-state index < -0.39 is 5.91 Å². The van der Waals surface area contributed by atoms with Crippen LogP contribution in [0.15, 0.2) is 42.5 Å². The van der Waals surface area contributed by atoms with Crippen molar-refractivity contribution in [3.8, 4) is 5.75 Å². The number of hydrogen-bond acceptors (Lipinski definition) is 4. The first-order chi connectivity index (χ1) is 13.1. The van der Waals surface area contributed by atoms with Crippen LogP contribution >= 0.6 is 0 Å². The molecule has 4 rings (SSSR count). The van der Waals surface area contributed by atoms with E-state index in [1.165, 1.54) is 0 Å². The molecule has 138 valence electrons. The minimum absolute atomic E-state index is 0.0620. The van der Waals surface area contributed by atoms with Crippen LogP contribution in [-0.4, -0.2) is 40.6 Å². The van der Waals surface area contributed by atoms with Gasteiger partial charge in [-0.15, -0.1) is 0 Å². The van der Waals surface area contributed by atoms with E-state index in [0.717, 1.165) is 27.8 Å². The first kappa shape index (κ1) is 17.1. The number of ether oxygens (including phenoxy) is 1. The van der Waals surface area contributed by atoms with Gasteiger partial charge in [-0.05, 0) is 53.9 Å². The van der Waals surface area contributed by atoms with E-state index in [2.05, 4.69) is 4.98 Å². The number of nitrogens with zero attached hydrogens (tertiary/aromatic N) is 1. The highest BCUT2D eigenvalue weighted by atomic mass is 16.5. The number of hydrogen-bond donors (Lipinski definition) is 3. The zero-order valence-electron chi connectivity index (χ0n) is 14.8. The Morgan fingerprint density at radius 1 is 1.15 bits per heavy atom. The van der Waals surface area contributed by atoms with Gasteiger partial charge in [-0.3, -0.25) is 14.8 Å². The first-order valence-corrected chi connectivity index (χ1v) is 8.61. The second-order valence-corrected chi connectivity index (χ2v) is 6.54. The number of nitrogens with one attached hydrogen (secondary N) is 2. The van der Waals surface area contributed by atoms with E-state index in [4.69, 9.17) is 9.94 Å². The molecule has 1 aliphatic heterocycles. The third-order valence-corrected chi connectivity index (χ3v) is 4.93. The molecular weight excluding hydrogens is 346 g/mol. The SMILES string of the molecule is COc1ccc2[nH]c(C(=O)N3CCc4cc(C(=O)NO)ccc4C3)cc2c1. The maximum atomic E-state index is 12.9. The number of carbonyl (C=O) groups excluding carboxylic acids is 2. The van der Waals surface area contributed by atoms with E-state index in [-0.39, 0.29) is 5.91 Å². The second-order valence-electron chi connectivity index (χ2n) is 6.54. The largest absolute Gasteiger partial charge is 0.497 e. The maximum absolute atomic E-state index is 12.9. The van der Waals surface area contributed by atoms with Crippen LogP contribution in [0.2, 0.25) is 0 Å². The van der Waals surface area contributed by atoms with Crippen LogP contribution in [0.25, 0.3) is 10.9 Å². The lowest BCUT2D eigenvalue weighted by molar-refractivity contribution is 0.0702. The van der Waals surface area contributed by atoms with Crippen molar-refractivity contribution in [3.05, 3.63) is 64.8 Å². The first-order valence-electron chi connectivity index (χ1n) is 8.61. The highest BCUT2D eigenvalue weighted by Gasteiger charge is 2.23. The molecule has 3 aromatic rings. The second kappa shape index (κ2) is 6.77. The van der Waals surface area contributed by atoms with Gasteiger partial charge in [0, 0.05) is 29.6 Å². The Kier molecular flexibility index (Phi) is 4.29. The van der Waals surface area contributed by atoms with E-state index in [1.807, 2.05) is 30.3 Å². The van der Waals surface area contributed by atoms with Gasteiger partial charge in [-0.2, -0.15) is 0 Å². The number of carbonyl (C=O) groups is 2. The molecule has 0 saturated carbocycles. The van der Waals surface area contributed by atoms with Crippen molar-refractivity contribution in [3.63, 3.8) is 0 Å². The molecule has 0 bridgehead atoms. The van der Waals surface area contributed by atoms with Crippen molar-refractivity contribution in [1.82, 2.24) is 15.4 Å². The van der Waals surface area contributed by atoms with E-state index in [9.17, 15) is 9.59 Å². The van der Waals surface area contributed by atoms with Crippen molar-refractivity contribution in [2.24, 2.45) is 0 Å². The van der Waals surface area contributed by atoms with E-state index >= 15 is 0 Å². The molecule has 1 aliphatic rings. The average Bonchev–Trinajstić information content (AvgIpc) is 3.14. The smallest absolute Gasteiger partial charge is 0.274 e. The summed E-state index contributed by atoms with van der Waals surface area (Å²) in [5, 5.41) is 9.69. The van der Waals surface area contributed by atoms with Gasteiger partial charge in [-0.25, -0.2) is 5.48 Å². The molecule has 0 spiro atoms. The van der Waals surface area contributed by atoms with Crippen LogP contribution in [0, 0.1) is 0 Å². The highest BCUT2D eigenvalue weighted by molar-refractivity contribution is 5.98. The molecule has 27 heavy (non-hydrogen) atoms. The molecule has 7 nitrogen and oxygen atoms in total. The summed E-state index contributed by atoms with van der Waals surface area (Å²) in [6.07, 6.45) is 0.654. The number of methoxy groups -OCH3 is 1. The fourth-order valence-corrected chi connectivity index (χ4v) is 3.46. The van der Waals surface area contributed by atoms with Crippen molar-refractivity contribution in [1.29, 1.82) is 0 Å². The molecule has 2 amide bonds. The lowest BCUT2D eigenvalue weighted by Gasteiger charge is -2.28. The molecule has 2 aromatic carbocycles. The molecule has 0 unspecified atom stereocenters. The van der Waals surface area contributed by atoms with Gasteiger partial charge in [0.15, 0.2) is 0 Å². The molecule has 7 heteroatoms. The van der Waals surface area contributed by atoms with Gasteiger partial charge in [0.05, 0.1) is 7.11 Å². The molecule has 1 aromatic heterocycles. The van der Waals surface area contributed by atoms with Crippen LogP contribution in [0.4, 0.5) is 0 Å². The molecule has 0 fully saturated rings. The van der Waals surface area contributed by atoms with Gasteiger partial charge in [0.1, 0.15) is 11.4 Å². The zero-order valence-corrected chi connectivity index (χ0v) is 14.8. The van der Waals surface area contributed by atoms with Crippen molar-refractivity contribution in [2.75, 3.05) is 13.7 Å². The summed E-state index contributed by atoms with van der Waals surface area (Å²) < 4.78 is 5.23. The molecule has 0 radical (unpaired) electrons. The van der Waals surface area contributed by atoms with Gasteiger partial charge in [-0.1, -0.05) is 6.07 Å². The highest BCUT2D eigenvalue weighted by Crippen LogP contribution is 2.25. The van der Waals surface area contributed by atoms with Crippen LogP contribution in [-0.2, 0) is 13.0 Å². The van der Waals surface area contributed by atoms with Crippen LogP contribution in [0.3, 0.4) is 0 Å². The number of fused-ring (bicyclic) bond motifs is 2. The summed E-state index contributed by atoms with van der Waals surface area (Å²) in [7, 11) is 1.61. The Balaban J connectivity index is 1.56. The normalized spacial score (nSPS) is 13.3. The predicted molar refractivity (Wildman–Crippen MR) is 99.0 cm³/mol. The topological polar surface area (TPSA) is 94.7 Å². The van der Waals surface area contributed by atoms with Gasteiger partial charge >= 0.3 is 0 Å². The third kappa shape index (κ3) is 3.13. The summed E-state index contributed by atoms with van der Waals surface area (Å²) in [4.78, 5) is 29.4. The number of hydroxylamine groups is 1. The molecule has 2 heterocycles. The zero-order chi connectivity index (χ0) is 19.0. The van der Waals surface area contributed by atoms with Crippen LogP contribution < -0.4 is 10.2 Å². The summed E-state index contributed by atoms with van der Waals surface area (Å²) in [6.45, 7) is 1.04. The van der Waals surface area contributed by atoms with E-state index in [1.54, 1.807) is 29.6 Å². The number of aromatic nitrogens is 1. The summed E-state index contributed by atoms with van der Waals surface area (Å²) in [5.74, 6) is 0.146. The minimum atomic E-state index is -0.537. The average molecular weight is 365 g/mol. The summed E-state index contributed by atoms with van der Waals surface area (Å²) >= 11 is 0. The number of amides is 2. The quantitative estimate of drug-likeness (QED) is 0.491. The molecule has 0 atom stereocenters. The summed E-state index contributed by atoms with van der Waals surface area (Å²) in [5.41, 5.74) is 5.49. The monoisotopic (exact) mass is 365 g/mol. The van der Waals surface area contributed by atoms with Crippen molar-refractivity contribution >= 4 is 22.7 Å². The lowest BCUT2D eigenvalue weighted by Crippen LogP contribution is -2.36.